The minimum Gasteiger partial charge on any atom is -0.308 e. The lowest BCUT2D eigenvalue weighted by molar-refractivity contribution is 0.262. The molecule has 2 N–H and O–H groups in total. The number of carbonyl (C=O) groups excluding carboxylic acids is 1. The summed E-state index contributed by atoms with van der Waals surface area (Å²) >= 11 is 1.33. The molecule has 3 rings (SSSR count). The van der Waals surface area contributed by atoms with E-state index >= 15 is 0 Å². The average molecular weight is 284 g/mol. The van der Waals surface area contributed by atoms with Gasteiger partial charge >= 0.3 is 6.03 Å². The fourth-order valence-corrected chi connectivity index (χ4v) is 2.41. The number of nitrogens with one attached hydrogen (secondary N) is 2. The molecule has 0 spiro atoms. The summed E-state index contributed by atoms with van der Waals surface area (Å²) in [4.78, 5) is 11.9. The summed E-state index contributed by atoms with van der Waals surface area (Å²) in [6.45, 7) is 1.98. The number of nitrogens with zero attached hydrogens (tertiary/aromatic N) is 2. The lowest BCUT2D eigenvalue weighted by Gasteiger charge is -2.08. The number of benzene rings is 2. The summed E-state index contributed by atoms with van der Waals surface area (Å²) in [5, 5.41) is 9.55. The van der Waals surface area contributed by atoms with Gasteiger partial charge in [0.25, 0.3) is 0 Å². The van der Waals surface area contributed by atoms with Gasteiger partial charge in [0.1, 0.15) is 5.52 Å². The number of aryl methyl sites for hydroxylation is 1. The molecule has 0 aliphatic heterocycles. The maximum atomic E-state index is 11.9. The van der Waals surface area contributed by atoms with E-state index in [0.717, 1.165) is 21.5 Å². The van der Waals surface area contributed by atoms with Crippen LogP contribution in [0.4, 0.5) is 16.2 Å². The number of anilines is 2. The Hall–Kier alpha value is -2.47. The van der Waals surface area contributed by atoms with Crippen LogP contribution in [0.3, 0.4) is 0 Å². The third-order valence-electron chi connectivity index (χ3n) is 2.78. The van der Waals surface area contributed by atoms with Crippen molar-refractivity contribution in [3.05, 3.63) is 48.0 Å². The maximum Gasteiger partial charge on any atom is 0.323 e. The van der Waals surface area contributed by atoms with Crippen LogP contribution in [0.1, 0.15) is 5.56 Å². The van der Waals surface area contributed by atoms with E-state index < -0.39 is 0 Å². The second-order valence-corrected chi connectivity index (χ2v) is 5.19. The smallest absolute Gasteiger partial charge is 0.308 e. The van der Waals surface area contributed by atoms with Gasteiger partial charge in [-0.3, -0.25) is 0 Å². The quantitative estimate of drug-likeness (QED) is 0.755. The van der Waals surface area contributed by atoms with Crippen molar-refractivity contribution in [1.29, 1.82) is 0 Å². The van der Waals surface area contributed by atoms with Crippen molar-refractivity contribution in [3.63, 3.8) is 0 Å². The maximum absolute atomic E-state index is 11.9. The van der Waals surface area contributed by atoms with E-state index in [0.29, 0.717) is 5.69 Å². The molecule has 5 nitrogen and oxygen atoms in total. The average Bonchev–Trinajstić information content (AvgIpc) is 2.86. The molecule has 0 fully saturated rings. The van der Waals surface area contributed by atoms with Crippen LogP contribution in [0.15, 0.2) is 42.5 Å². The number of rotatable bonds is 2. The van der Waals surface area contributed by atoms with Crippen LogP contribution < -0.4 is 10.6 Å². The van der Waals surface area contributed by atoms with Crippen molar-refractivity contribution in [2.45, 2.75) is 6.92 Å². The van der Waals surface area contributed by atoms with Crippen LogP contribution in [0.2, 0.25) is 0 Å². The molecule has 0 aliphatic rings. The molecule has 0 aliphatic carbocycles. The Balaban J connectivity index is 1.72. The Morgan fingerprint density at radius 3 is 2.70 bits per heavy atom. The monoisotopic (exact) mass is 284 g/mol. The van der Waals surface area contributed by atoms with Gasteiger partial charge in [-0.05, 0) is 54.4 Å². The summed E-state index contributed by atoms with van der Waals surface area (Å²) in [5.74, 6) is 0. The highest BCUT2D eigenvalue weighted by molar-refractivity contribution is 7.12. The van der Waals surface area contributed by atoms with E-state index in [-0.39, 0.29) is 6.03 Å². The fourth-order valence-electron chi connectivity index (χ4n) is 1.88. The minimum atomic E-state index is -0.280. The molecule has 2 amide bonds. The number of hydrogen-bond donors (Lipinski definition) is 2. The van der Waals surface area contributed by atoms with Crippen LogP contribution in [-0.4, -0.2) is 15.6 Å². The first-order valence-electron chi connectivity index (χ1n) is 6.07. The molecule has 2 aromatic carbocycles. The molecule has 20 heavy (non-hydrogen) atoms. The highest BCUT2D eigenvalue weighted by Gasteiger charge is 2.05. The Morgan fingerprint density at radius 1 is 1.10 bits per heavy atom. The molecule has 0 radical (unpaired) electrons. The highest BCUT2D eigenvalue weighted by atomic mass is 32.1. The third kappa shape index (κ3) is 2.75. The van der Waals surface area contributed by atoms with Crippen molar-refractivity contribution < 1.29 is 4.79 Å². The Kier molecular flexibility index (Phi) is 3.30. The van der Waals surface area contributed by atoms with Crippen LogP contribution in [0.5, 0.6) is 0 Å². The van der Waals surface area contributed by atoms with Crippen LogP contribution in [0, 0.1) is 6.92 Å². The van der Waals surface area contributed by atoms with Gasteiger partial charge in [-0.25, -0.2) is 4.79 Å². The van der Waals surface area contributed by atoms with Crippen LogP contribution in [-0.2, 0) is 0 Å². The predicted octanol–water partition coefficient (Wildman–Crippen LogP) is 3.64. The summed E-state index contributed by atoms with van der Waals surface area (Å²) < 4.78 is 4.86. The standard InChI is InChI=1S/C14H12N4OS/c1-9-3-2-4-10(7-9)15-14(19)16-11-5-6-13-12(8-11)17-18-20-13/h2-8H,1H3,(H2,15,16,19). The number of urea groups is 1. The largest absolute Gasteiger partial charge is 0.323 e. The molecular formula is C14H12N4OS. The van der Waals surface area contributed by atoms with Gasteiger partial charge in [-0.15, -0.1) is 5.10 Å². The molecule has 3 aromatic rings. The normalized spacial score (nSPS) is 10.4. The van der Waals surface area contributed by atoms with Gasteiger partial charge in [-0.2, -0.15) is 0 Å². The van der Waals surface area contributed by atoms with E-state index in [1.165, 1.54) is 11.5 Å². The fraction of sp³-hybridized carbons (Fsp3) is 0.0714. The predicted molar refractivity (Wildman–Crippen MR) is 81.2 cm³/mol. The summed E-state index contributed by atoms with van der Waals surface area (Å²) in [6, 6.07) is 12.9. The highest BCUT2D eigenvalue weighted by Crippen LogP contribution is 2.20. The van der Waals surface area contributed by atoms with E-state index in [9.17, 15) is 4.79 Å². The molecule has 0 atom stereocenters. The zero-order chi connectivity index (χ0) is 13.9. The van der Waals surface area contributed by atoms with Crippen molar-refractivity contribution in [1.82, 2.24) is 9.59 Å². The number of aromatic nitrogens is 2. The Morgan fingerprint density at radius 2 is 1.90 bits per heavy atom. The second kappa shape index (κ2) is 5.26. The van der Waals surface area contributed by atoms with Gasteiger partial charge in [-0.1, -0.05) is 16.6 Å². The van der Waals surface area contributed by atoms with Crippen LogP contribution in [0.25, 0.3) is 10.2 Å². The molecular weight excluding hydrogens is 272 g/mol. The van der Waals surface area contributed by atoms with Gasteiger partial charge < -0.3 is 10.6 Å². The van der Waals surface area contributed by atoms with Gasteiger partial charge in [0.2, 0.25) is 0 Å². The molecule has 0 unspecified atom stereocenters. The van der Waals surface area contributed by atoms with Gasteiger partial charge in [0, 0.05) is 11.4 Å². The van der Waals surface area contributed by atoms with E-state index in [1.54, 1.807) is 6.07 Å². The Bertz CT molecular complexity index is 768. The van der Waals surface area contributed by atoms with Crippen molar-refractivity contribution in [3.8, 4) is 0 Å². The van der Waals surface area contributed by atoms with Crippen molar-refractivity contribution in [2.75, 3.05) is 10.6 Å². The molecule has 0 saturated heterocycles. The van der Waals surface area contributed by atoms with E-state index in [4.69, 9.17) is 0 Å². The molecule has 0 bridgehead atoms. The van der Waals surface area contributed by atoms with E-state index in [1.807, 2.05) is 43.3 Å². The van der Waals surface area contributed by atoms with Crippen molar-refractivity contribution >= 4 is 39.2 Å². The third-order valence-corrected chi connectivity index (χ3v) is 3.49. The second-order valence-electron chi connectivity index (χ2n) is 4.40. The first kappa shape index (κ1) is 12.6. The van der Waals surface area contributed by atoms with Gasteiger partial charge in [0.15, 0.2) is 0 Å². The van der Waals surface area contributed by atoms with Gasteiger partial charge in [0.05, 0.1) is 4.70 Å². The summed E-state index contributed by atoms with van der Waals surface area (Å²) in [7, 11) is 0. The summed E-state index contributed by atoms with van der Waals surface area (Å²) in [5.41, 5.74) is 3.33. The first-order chi connectivity index (χ1) is 9.70. The summed E-state index contributed by atoms with van der Waals surface area (Å²) in [6.07, 6.45) is 0. The number of amides is 2. The number of hydrogen-bond acceptors (Lipinski definition) is 4. The number of carbonyl (C=O) groups is 1. The SMILES string of the molecule is Cc1cccc(NC(=O)Nc2ccc3snnc3c2)c1. The minimum absolute atomic E-state index is 0.280. The Labute approximate surface area is 119 Å². The first-order valence-corrected chi connectivity index (χ1v) is 6.85. The zero-order valence-corrected chi connectivity index (χ0v) is 11.6. The number of fused-ring (bicyclic) bond motifs is 1. The van der Waals surface area contributed by atoms with E-state index in [2.05, 4.69) is 20.2 Å². The molecule has 0 saturated carbocycles. The topological polar surface area (TPSA) is 66.9 Å². The molecule has 6 heteroatoms. The molecule has 1 heterocycles. The van der Waals surface area contributed by atoms with Crippen LogP contribution >= 0.6 is 11.5 Å². The lowest BCUT2D eigenvalue weighted by Crippen LogP contribution is -2.19. The molecule has 1 aromatic heterocycles. The van der Waals surface area contributed by atoms with Crippen molar-refractivity contribution in [2.24, 2.45) is 0 Å². The molecule has 100 valence electrons. The lowest BCUT2D eigenvalue weighted by atomic mass is 10.2. The zero-order valence-electron chi connectivity index (χ0n) is 10.8.